The Morgan fingerprint density at radius 3 is 2.75 bits per heavy atom. The number of benzene rings is 1. The van der Waals surface area contributed by atoms with Gasteiger partial charge in [-0.25, -0.2) is 8.42 Å². The molecule has 1 atom stereocenters. The van der Waals surface area contributed by atoms with Crippen molar-refractivity contribution >= 4 is 16.1 Å². The quantitative estimate of drug-likeness (QED) is 0.625. The predicted molar refractivity (Wildman–Crippen MR) is 80.5 cm³/mol. The molecule has 0 saturated carbocycles. The molecule has 5 nitrogen and oxygen atoms in total. The highest BCUT2D eigenvalue weighted by molar-refractivity contribution is 7.91. The third kappa shape index (κ3) is 4.61. The topological polar surface area (TPSA) is 67.8 Å². The monoisotopic (exact) mass is 296 g/mol. The molecule has 0 aliphatic carbocycles. The van der Waals surface area contributed by atoms with E-state index in [-0.39, 0.29) is 11.8 Å². The van der Waals surface area contributed by atoms with Gasteiger partial charge in [-0.2, -0.15) is 0 Å². The number of hydrogen-bond donors (Lipinski definition) is 1. The lowest BCUT2D eigenvalue weighted by Gasteiger charge is -2.08. The van der Waals surface area contributed by atoms with Crippen molar-refractivity contribution in [3.63, 3.8) is 0 Å². The summed E-state index contributed by atoms with van der Waals surface area (Å²) in [6.07, 6.45) is 2.52. The minimum Gasteiger partial charge on any atom is -0.497 e. The highest BCUT2D eigenvalue weighted by Gasteiger charge is 2.26. The Kier molecular flexibility index (Phi) is 5.14. The molecule has 0 bridgehead atoms. The number of sulfone groups is 1. The van der Waals surface area contributed by atoms with Crippen LogP contribution in [0.1, 0.15) is 12.0 Å². The molecule has 1 fully saturated rings. The van der Waals surface area contributed by atoms with Crippen LogP contribution in [0.5, 0.6) is 5.75 Å². The lowest BCUT2D eigenvalue weighted by molar-refractivity contribution is 0.415. The normalized spacial score (nSPS) is 21.4. The summed E-state index contributed by atoms with van der Waals surface area (Å²) in [7, 11) is -1.16. The van der Waals surface area contributed by atoms with Crippen molar-refractivity contribution in [1.29, 1.82) is 0 Å². The van der Waals surface area contributed by atoms with E-state index in [4.69, 9.17) is 4.74 Å². The Morgan fingerprint density at radius 1 is 1.40 bits per heavy atom. The third-order valence-corrected chi connectivity index (χ3v) is 5.03. The van der Waals surface area contributed by atoms with Crippen molar-refractivity contribution in [3.05, 3.63) is 29.8 Å². The smallest absolute Gasteiger partial charge is 0.151 e. The van der Waals surface area contributed by atoms with Crippen LogP contribution in [-0.4, -0.2) is 52.4 Å². The lowest BCUT2D eigenvalue weighted by atomic mass is 10.2. The second kappa shape index (κ2) is 6.85. The van der Waals surface area contributed by atoms with Gasteiger partial charge in [0.15, 0.2) is 9.84 Å². The maximum Gasteiger partial charge on any atom is 0.151 e. The second-order valence-corrected chi connectivity index (χ2v) is 7.09. The van der Waals surface area contributed by atoms with Crippen LogP contribution >= 0.6 is 0 Å². The molecule has 0 unspecified atom stereocenters. The average Bonchev–Trinajstić information content (AvgIpc) is 2.78. The third-order valence-electron chi connectivity index (χ3n) is 3.26. The first kappa shape index (κ1) is 15.0. The summed E-state index contributed by atoms with van der Waals surface area (Å²) in [6.45, 7) is 1.34. The highest BCUT2D eigenvalue weighted by atomic mass is 32.2. The molecule has 2 rings (SSSR count). The molecule has 1 aromatic rings. The molecule has 0 radical (unpaired) electrons. The summed E-state index contributed by atoms with van der Waals surface area (Å²) in [5.74, 6) is 1.39. The molecular formula is C14H20N2O3S. The second-order valence-electron chi connectivity index (χ2n) is 4.86. The van der Waals surface area contributed by atoms with E-state index in [1.165, 1.54) is 0 Å². The first-order valence-electron chi connectivity index (χ1n) is 6.67. The van der Waals surface area contributed by atoms with E-state index in [1.807, 2.05) is 30.5 Å². The van der Waals surface area contributed by atoms with E-state index >= 15 is 0 Å². The van der Waals surface area contributed by atoms with Crippen LogP contribution < -0.4 is 10.1 Å². The zero-order valence-electron chi connectivity index (χ0n) is 11.6. The minimum absolute atomic E-state index is 0.0937. The Morgan fingerprint density at radius 2 is 2.15 bits per heavy atom. The van der Waals surface area contributed by atoms with Gasteiger partial charge in [-0.1, -0.05) is 0 Å². The number of ether oxygens (including phenoxy) is 1. The van der Waals surface area contributed by atoms with Crippen molar-refractivity contribution in [2.45, 2.75) is 12.5 Å². The summed E-state index contributed by atoms with van der Waals surface area (Å²) < 4.78 is 27.7. The van der Waals surface area contributed by atoms with Crippen LogP contribution in [0, 0.1) is 0 Å². The van der Waals surface area contributed by atoms with Gasteiger partial charge in [-0.05, 0) is 36.2 Å². The largest absolute Gasteiger partial charge is 0.497 e. The van der Waals surface area contributed by atoms with Gasteiger partial charge in [0.25, 0.3) is 0 Å². The van der Waals surface area contributed by atoms with Gasteiger partial charge in [0, 0.05) is 18.8 Å². The molecule has 1 N–H and O–H groups in total. The number of hydrogen-bond acceptors (Lipinski definition) is 5. The zero-order chi connectivity index (χ0) is 14.4. The minimum atomic E-state index is -2.80. The fourth-order valence-corrected chi connectivity index (χ4v) is 3.86. The van der Waals surface area contributed by atoms with Crippen LogP contribution in [-0.2, 0) is 9.84 Å². The van der Waals surface area contributed by atoms with E-state index in [2.05, 4.69) is 10.3 Å². The Balaban J connectivity index is 1.69. The molecule has 20 heavy (non-hydrogen) atoms. The maximum atomic E-state index is 11.3. The molecule has 6 heteroatoms. The molecule has 0 amide bonds. The Labute approximate surface area is 120 Å². The molecule has 1 aromatic carbocycles. The van der Waals surface area contributed by atoms with E-state index in [9.17, 15) is 8.42 Å². The first-order chi connectivity index (χ1) is 9.59. The molecular weight excluding hydrogens is 276 g/mol. The van der Waals surface area contributed by atoms with Crippen molar-refractivity contribution in [1.82, 2.24) is 5.32 Å². The highest BCUT2D eigenvalue weighted by Crippen LogP contribution is 2.11. The Bertz CT molecular complexity index is 552. The van der Waals surface area contributed by atoms with E-state index in [1.54, 1.807) is 7.11 Å². The molecule has 110 valence electrons. The summed E-state index contributed by atoms with van der Waals surface area (Å²) in [5, 5.41) is 3.23. The summed E-state index contributed by atoms with van der Waals surface area (Å²) in [4.78, 5) is 4.32. The SMILES string of the molecule is COc1ccc(C=NCCN[C@H]2CCS(=O)(=O)C2)cc1. The maximum absolute atomic E-state index is 11.3. The zero-order valence-corrected chi connectivity index (χ0v) is 12.4. The van der Waals surface area contributed by atoms with Crippen molar-refractivity contribution < 1.29 is 13.2 Å². The average molecular weight is 296 g/mol. The van der Waals surface area contributed by atoms with Crippen LogP contribution in [0.2, 0.25) is 0 Å². The standard InChI is InChI=1S/C14H20N2O3S/c1-19-14-4-2-12(3-5-14)10-15-7-8-16-13-6-9-20(17,18)11-13/h2-5,10,13,16H,6-9,11H2,1H3/t13-/m0/s1. The molecule has 1 aliphatic rings. The van der Waals surface area contributed by atoms with Crippen molar-refractivity contribution in [3.8, 4) is 5.75 Å². The number of methoxy groups -OCH3 is 1. The fraction of sp³-hybridized carbons (Fsp3) is 0.500. The summed E-state index contributed by atoms with van der Waals surface area (Å²) in [6, 6.07) is 7.76. The summed E-state index contributed by atoms with van der Waals surface area (Å²) >= 11 is 0. The van der Waals surface area contributed by atoms with Crippen molar-refractivity contribution in [2.24, 2.45) is 4.99 Å². The summed E-state index contributed by atoms with van der Waals surface area (Å²) in [5.41, 5.74) is 1.02. The number of aliphatic imine (C=N–C) groups is 1. The van der Waals surface area contributed by atoms with Crippen LogP contribution in [0.25, 0.3) is 0 Å². The van der Waals surface area contributed by atoms with E-state index in [0.29, 0.717) is 25.3 Å². The van der Waals surface area contributed by atoms with Gasteiger partial charge < -0.3 is 10.1 Å². The lowest BCUT2D eigenvalue weighted by Crippen LogP contribution is -2.32. The van der Waals surface area contributed by atoms with Gasteiger partial charge in [-0.15, -0.1) is 0 Å². The number of nitrogens with one attached hydrogen (secondary N) is 1. The van der Waals surface area contributed by atoms with Gasteiger partial charge >= 0.3 is 0 Å². The molecule has 1 saturated heterocycles. The van der Waals surface area contributed by atoms with E-state index < -0.39 is 9.84 Å². The predicted octanol–water partition coefficient (Wildman–Crippen LogP) is 0.891. The van der Waals surface area contributed by atoms with Gasteiger partial charge in [0.2, 0.25) is 0 Å². The molecule has 0 spiro atoms. The molecule has 0 aromatic heterocycles. The number of rotatable bonds is 6. The van der Waals surface area contributed by atoms with Gasteiger partial charge in [0.1, 0.15) is 5.75 Å². The van der Waals surface area contributed by atoms with Gasteiger partial charge in [0.05, 0.1) is 25.2 Å². The van der Waals surface area contributed by atoms with Crippen LogP contribution in [0.4, 0.5) is 0 Å². The first-order valence-corrected chi connectivity index (χ1v) is 8.49. The van der Waals surface area contributed by atoms with E-state index in [0.717, 1.165) is 11.3 Å². The van der Waals surface area contributed by atoms with Crippen LogP contribution in [0.15, 0.2) is 29.3 Å². The van der Waals surface area contributed by atoms with Crippen LogP contribution in [0.3, 0.4) is 0 Å². The van der Waals surface area contributed by atoms with Gasteiger partial charge in [-0.3, -0.25) is 4.99 Å². The molecule has 1 aliphatic heterocycles. The van der Waals surface area contributed by atoms with Crippen molar-refractivity contribution in [2.75, 3.05) is 31.7 Å². The Hall–Kier alpha value is -1.40. The molecule has 1 heterocycles. The fourth-order valence-electron chi connectivity index (χ4n) is 2.15. The number of nitrogens with zero attached hydrogens (tertiary/aromatic N) is 1.